The molecule has 0 aromatic heterocycles. The molecule has 0 saturated carbocycles. The van der Waals surface area contributed by atoms with Crippen LogP contribution in [0.15, 0.2) is 12.1 Å². The van der Waals surface area contributed by atoms with Gasteiger partial charge in [0.15, 0.2) is 11.5 Å². The number of halogens is 2. The Hall–Kier alpha value is -1.13. The van der Waals surface area contributed by atoms with Gasteiger partial charge in [-0.1, -0.05) is 11.6 Å². The molecule has 0 saturated heterocycles. The summed E-state index contributed by atoms with van der Waals surface area (Å²) < 4.78 is 10.4. The molecule has 0 unspecified atom stereocenters. The minimum Gasteiger partial charge on any atom is -0.493 e. The standard InChI is InChI=1S/C15H21Cl2NO3/c1-15(2,9-16)14(19)18-6-5-10-7-11(17)13(21-4)12(8-10)20-3/h7-8H,5-6,9H2,1-4H3,(H,18,19). The van der Waals surface area contributed by atoms with Crippen molar-refractivity contribution < 1.29 is 14.3 Å². The van der Waals surface area contributed by atoms with Crippen LogP contribution in [0.4, 0.5) is 0 Å². The Morgan fingerprint density at radius 2 is 1.95 bits per heavy atom. The van der Waals surface area contributed by atoms with E-state index in [0.29, 0.717) is 29.5 Å². The van der Waals surface area contributed by atoms with Gasteiger partial charge in [0.25, 0.3) is 0 Å². The Morgan fingerprint density at radius 1 is 1.29 bits per heavy atom. The van der Waals surface area contributed by atoms with E-state index in [4.69, 9.17) is 32.7 Å². The van der Waals surface area contributed by atoms with E-state index < -0.39 is 5.41 Å². The summed E-state index contributed by atoms with van der Waals surface area (Å²) in [4.78, 5) is 11.9. The quantitative estimate of drug-likeness (QED) is 0.779. The van der Waals surface area contributed by atoms with Gasteiger partial charge < -0.3 is 14.8 Å². The number of methoxy groups -OCH3 is 2. The summed E-state index contributed by atoms with van der Waals surface area (Å²) in [5.74, 6) is 1.30. The van der Waals surface area contributed by atoms with Crippen molar-refractivity contribution in [2.45, 2.75) is 20.3 Å². The second-order valence-corrected chi connectivity index (χ2v) is 6.01. The van der Waals surface area contributed by atoms with Crippen molar-refractivity contribution in [3.05, 3.63) is 22.7 Å². The molecule has 6 heteroatoms. The highest BCUT2D eigenvalue weighted by Crippen LogP contribution is 2.36. The van der Waals surface area contributed by atoms with Gasteiger partial charge in [0.05, 0.1) is 24.7 Å². The van der Waals surface area contributed by atoms with Gasteiger partial charge in [-0.3, -0.25) is 4.79 Å². The van der Waals surface area contributed by atoms with Crippen molar-refractivity contribution in [1.29, 1.82) is 0 Å². The monoisotopic (exact) mass is 333 g/mol. The smallest absolute Gasteiger partial charge is 0.226 e. The molecule has 118 valence electrons. The number of carbonyl (C=O) groups excluding carboxylic acids is 1. The highest BCUT2D eigenvalue weighted by molar-refractivity contribution is 6.32. The number of hydrogen-bond donors (Lipinski definition) is 1. The average Bonchev–Trinajstić information content (AvgIpc) is 2.46. The van der Waals surface area contributed by atoms with E-state index in [-0.39, 0.29) is 11.8 Å². The molecule has 4 nitrogen and oxygen atoms in total. The molecular formula is C15H21Cl2NO3. The van der Waals surface area contributed by atoms with Crippen LogP contribution >= 0.6 is 23.2 Å². The number of nitrogens with one attached hydrogen (secondary N) is 1. The third-order valence-corrected chi connectivity index (χ3v) is 4.09. The van der Waals surface area contributed by atoms with Crippen LogP contribution in [-0.4, -0.2) is 32.6 Å². The van der Waals surface area contributed by atoms with E-state index in [1.54, 1.807) is 7.11 Å². The number of ether oxygens (including phenoxy) is 2. The molecule has 1 rings (SSSR count). The second-order valence-electron chi connectivity index (χ2n) is 5.34. The summed E-state index contributed by atoms with van der Waals surface area (Å²) in [5, 5.41) is 3.35. The molecule has 1 aromatic carbocycles. The van der Waals surface area contributed by atoms with Gasteiger partial charge >= 0.3 is 0 Å². The largest absolute Gasteiger partial charge is 0.493 e. The fraction of sp³-hybridized carbons (Fsp3) is 0.533. The number of rotatable bonds is 7. The molecule has 0 fully saturated rings. The Bertz CT molecular complexity index is 504. The van der Waals surface area contributed by atoms with E-state index in [9.17, 15) is 4.79 Å². The van der Waals surface area contributed by atoms with Gasteiger partial charge in [0.2, 0.25) is 5.91 Å². The van der Waals surface area contributed by atoms with Crippen LogP contribution in [0.25, 0.3) is 0 Å². The fourth-order valence-electron chi connectivity index (χ4n) is 1.74. The van der Waals surface area contributed by atoms with E-state index in [2.05, 4.69) is 5.32 Å². The van der Waals surface area contributed by atoms with Crippen molar-refractivity contribution in [2.24, 2.45) is 5.41 Å². The molecular weight excluding hydrogens is 313 g/mol. The van der Waals surface area contributed by atoms with Gasteiger partial charge in [0, 0.05) is 12.4 Å². The minimum atomic E-state index is -0.573. The Kier molecular flexibility index (Phi) is 6.62. The van der Waals surface area contributed by atoms with E-state index in [1.165, 1.54) is 7.11 Å². The maximum atomic E-state index is 11.9. The summed E-state index contributed by atoms with van der Waals surface area (Å²) in [5.41, 5.74) is 0.387. The van der Waals surface area contributed by atoms with Gasteiger partial charge in [-0.25, -0.2) is 0 Å². The molecule has 0 aliphatic heterocycles. The number of alkyl halides is 1. The van der Waals surface area contributed by atoms with Crippen LogP contribution in [0.1, 0.15) is 19.4 Å². The molecule has 0 atom stereocenters. The predicted octanol–water partition coefficient (Wildman–Crippen LogP) is 3.28. The first kappa shape index (κ1) is 17.9. The van der Waals surface area contributed by atoms with Crippen LogP contribution in [0.3, 0.4) is 0 Å². The Labute approximate surface area is 135 Å². The summed E-state index contributed by atoms with van der Waals surface area (Å²) >= 11 is 11.9. The van der Waals surface area contributed by atoms with Crippen molar-refractivity contribution >= 4 is 29.1 Å². The Morgan fingerprint density at radius 3 is 2.48 bits per heavy atom. The third kappa shape index (κ3) is 4.68. The second kappa shape index (κ2) is 7.76. The summed E-state index contributed by atoms with van der Waals surface area (Å²) in [6.45, 7) is 4.12. The lowest BCUT2D eigenvalue weighted by molar-refractivity contribution is -0.128. The van der Waals surface area contributed by atoms with Crippen molar-refractivity contribution in [2.75, 3.05) is 26.6 Å². The SMILES string of the molecule is COc1cc(CCNC(=O)C(C)(C)CCl)cc(Cl)c1OC. The summed E-state index contributed by atoms with van der Waals surface area (Å²) in [7, 11) is 3.10. The number of carbonyl (C=O) groups is 1. The normalized spacial score (nSPS) is 11.1. The molecule has 0 heterocycles. The fourth-order valence-corrected chi connectivity index (χ4v) is 2.17. The van der Waals surface area contributed by atoms with Gasteiger partial charge in [-0.15, -0.1) is 11.6 Å². The van der Waals surface area contributed by atoms with Crippen LogP contribution < -0.4 is 14.8 Å². The first-order chi connectivity index (χ1) is 9.85. The average molecular weight is 334 g/mol. The highest BCUT2D eigenvalue weighted by atomic mass is 35.5. The van der Waals surface area contributed by atoms with Gasteiger partial charge in [-0.2, -0.15) is 0 Å². The van der Waals surface area contributed by atoms with E-state index in [0.717, 1.165) is 5.56 Å². The first-order valence-electron chi connectivity index (χ1n) is 6.60. The molecule has 1 N–H and O–H groups in total. The maximum absolute atomic E-state index is 11.9. The highest BCUT2D eigenvalue weighted by Gasteiger charge is 2.25. The molecule has 0 aliphatic carbocycles. The number of benzene rings is 1. The zero-order valence-electron chi connectivity index (χ0n) is 12.8. The van der Waals surface area contributed by atoms with Crippen LogP contribution in [0, 0.1) is 5.41 Å². The predicted molar refractivity (Wildman–Crippen MR) is 85.8 cm³/mol. The molecule has 21 heavy (non-hydrogen) atoms. The summed E-state index contributed by atoms with van der Waals surface area (Å²) in [6, 6.07) is 3.66. The molecule has 1 aromatic rings. The molecule has 1 amide bonds. The van der Waals surface area contributed by atoms with E-state index in [1.807, 2.05) is 26.0 Å². The van der Waals surface area contributed by atoms with Gasteiger partial charge in [0.1, 0.15) is 0 Å². The topological polar surface area (TPSA) is 47.6 Å². The zero-order chi connectivity index (χ0) is 16.0. The van der Waals surface area contributed by atoms with Crippen LogP contribution in [-0.2, 0) is 11.2 Å². The van der Waals surface area contributed by atoms with Crippen molar-refractivity contribution in [1.82, 2.24) is 5.32 Å². The molecule has 0 bridgehead atoms. The molecule has 0 spiro atoms. The van der Waals surface area contributed by atoms with E-state index >= 15 is 0 Å². The minimum absolute atomic E-state index is 0.0657. The lowest BCUT2D eigenvalue weighted by Crippen LogP contribution is -2.39. The van der Waals surface area contributed by atoms with Crippen LogP contribution in [0.5, 0.6) is 11.5 Å². The van der Waals surface area contributed by atoms with Crippen molar-refractivity contribution in [3.8, 4) is 11.5 Å². The molecule has 0 radical (unpaired) electrons. The third-order valence-electron chi connectivity index (χ3n) is 3.14. The zero-order valence-corrected chi connectivity index (χ0v) is 14.3. The maximum Gasteiger partial charge on any atom is 0.226 e. The first-order valence-corrected chi connectivity index (χ1v) is 7.51. The lowest BCUT2D eigenvalue weighted by atomic mass is 9.95. The van der Waals surface area contributed by atoms with Crippen LogP contribution in [0.2, 0.25) is 5.02 Å². The van der Waals surface area contributed by atoms with Crippen molar-refractivity contribution in [3.63, 3.8) is 0 Å². The van der Waals surface area contributed by atoms with Gasteiger partial charge in [-0.05, 0) is 38.0 Å². The summed E-state index contributed by atoms with van der Waals surface area (Å²) in [6.07, 6.45) is 0.643. The number of hydrogen-bond acceptors (Lipinski definition) is 3. The number of amides is 1. The Balaban J connectivity index is 2.69. The molecule has 0 aliphatic rings. The lowest BCUT2D eigenvalue weighted by Gasteiger charge is -2.20.